The number of aliphatic hydroxyl groups excluding tert-OH is 2. The second-order valence-electron chi connectivity index (χ2n) is 5.04. The van der Waals surface area contributed by atoms with E-state index in [4.69, 9.17) is 19.3 Å². The molecule has 0 amide bonds. The minimum Gasteiger partial charge on any atom is -0.394 e. The predicted molar refractivity (Wildman–Crippen MR) is 63.8 cm³/mol. The van der Waals surface area contributed by atoms with E-state index in [0.717, 1.165) is 0 Å². The van der Waals surface area contributed by atoms with Gasteiger partial charge in [0, 0.05) is 6.54 Å². The van der Waals surface area contributed by atoms with E-state index < -0.39 is 24.3 Å². The van der Waals surface area contributed by atoms with Gasteiger partial charge >= 0.3 is 0 Å². The van der Waals surface area contributed by atoms with Crippen molar-refractivity contribution in [3.05, 3.63) is 12.7 Å². The van der Waals surface area contributed by atoms with Gasteiger partial charge in [-0.1, -0.05) is 6.08 Å². The van der Waals surface area contributed by atoms with E-state index in [2.05, 4.69) is 11.9 Å². The molecule has 0 saturated carbocycles. The van der Waals surface area contributed by atoms with Crippen LogP contribution in [0, 0.1) is 0 Å². The molecule has 0 radical (unpaired) electrons. The van der Waals surface area contributed by atoms with Gasteiger partial charge in [-0.05, 0) is 13.8 Å². The average molecular weight is 259 g/mol. The average Bonchev–Trinajstić information content (AvgIpc) is 2.77. The summed E-state index contributed by atoms with van der Waals surface area (Å²) in [5.74, 6) is -0.696. The van der Waals surface area contributed by atoms with Crippen molar-refractivity contribution in [1.29, 1.82) is 0 Å². The topological polar surface area (TPSA) is 80.2 Å². The normalized spacial score (nSPS) is 39.6. The van der Waals surface area contributed by atoms with Gasteiger partial charge in [0.2, 0.25) is 0 Å². The van der Waals surface area contributed by atoms with Crippen LogP contribution < -0.4 is 5.32 Å². The molecule has 5 atom stereocenters. The Morgan fingerprint density at radius 3 is 2.78 bits per heavy atom. The SMILES string of the molecule is C=CCN[C@@H]1[C@H]2OC(C)(C)O[C@H]2O[C@@H]1[C@H](O)CO. The lowest BCUT2D eigenvalue weighted by Crippen LogP contribution is -2.50. The second-order valence-corrected chi connectivity index (χ2v) is 5.04. The molecule has 0 aromatic heterocycles. The van der Waals surface area contributed by atoms with Crippen LogP contribution in [-0.4, -0.2) is 59.8 Å². The number of nitrogens with one attached hydrogen (secondary N) is 1. The van der Waals surface area contributed by atoms with E-state index in [1.165, 1.54) is 0 Å². The van der Waals surface area contributed by atoms with E-state index in [9.17, 15) is 5.11 Å². The van der Waals surface area contributed by atoms with Gasteiger partial charge in [-0.3, -0.25) is 0 Å². The predicted octanol–water partition coefficient (Wildman–Crippen LogP) is -0.640. The Hall–Kier alpha value is -0.500. The molecular formula is C12H21NO5. The van der Waals surface area contributed by atoms with Gasteiger partial charge in [-0.25, -0.2) is 0 Å². The van der Waals surface area contributed by atoms with Crippen LogP contribution in [0.15, 0.2) is 12.7 Å². The molecule has 104 valence electrons. The maximum atomic E-state index is 9.76. The maximum Gasteiger partial charge on any atom is 0.189 e. The third kappa shape index (κ3) is 2.59. The number of hydrogen-bond donors (Lipinski definition) is 3. The van der Waals surface area contributed by atoms with Crippen LogP contribution in [0.5, 0.6) is 0 Å². The van der Waals surface area contributed by atoms with Crippen molar-refractivity contribution in [1.82, 2.24) is 5.32 Å². The van der Waals surface area contributed by atoms with Gasteiger partial charge in [0.1, 0.15) is 18.3 Å². The van der Waals surface area contributed by atoms with Crippen LogP contribution in [0.2, 0.25) is 0 Å². The highest BCUT2D eigenvalue weighted by molar-refractivity contribution is 5.00. The van der Waals surface area contributed by atoms with Crippen LogP contribution in [0.4, 0.5) is 0 Å². The molecule has 2 fully saturated rings. The molecule has 2 heterocycles. The van der Waals surface area contributed by atoms with Crippen molar-refractivity contribution in [3.8, 4) is 0 Å². The highest BCUT2D eigenvalue weighted by Gasteiger charge is 2.55. The molecular weight excluding hydrogens is 238 g/mol. The third-order valence-electron chi connectivity index (χ3n) is 3.15. The third-order valence-corrected chi connectivity index (χ3v) is 3.15. The number of fused-ring (bicyclic) bond motifs is 1. The minimum absolute atomic E-state index is 0.239. The zero-order valence-electron chi connectivity index (χ0n) is 10.7. The summed E-state index contributed by atoms with van der Waals surface area (Å²) >= 11 is 0. The van der Waals surface area contributed by atoms with Crippen molar-refractivity contribution in [2.45, 2.75) is 50.3 Å². The summed E-state index contributed by atoms with van der Waals surface area (Å²) in [4.78, 5) is 0. The fourth-order valence-electron chi connectivity index (χ4n) is 2.42. The van der Waals surface area contributed by atoms with Gasteiger partial charge in [-0.2, -0.15) is 0 Å². The molecule has 0 aromatic carbocycles. The van der Waals surface area contributed by atoms with Crippen molar-refractivity contribution >= 4 is 0 Å². The van der Waals surface area contributed by atoms with Gasteiger partial charge in [0.15, 0.2) is 12.1 Å². The molecule has 2 saturated heterocycles. The smallest absolute Gasteiger partial charge is 0.189 e. The highest BCUT2D eigenvalue weighted by Crippen LogP contribution is 2.38. The summed E-state index contributed by atoms with van der Waals surface area (Å²) in [6, 6.07) is -0.239. The molecule has 18 heavy (non-hydrogen) atoms. The Morgan fingerprint density at radius 1 is 1.44 bits per heavy atom. The van der Waals surface area contributed by atoms with Gasteiger partial charge < -0.3 is 29.7 Å². The standard InChI is InChI=1S/C12H21NO5/c1-4-5-13-8-9(7(15)6-14)16-11-10(8)17-12(2,3)18-11/h4,7-11,13-15H,1,5-6H2,2-3H3/t7-,8+,9-,10-,11-/m1/s1. The zero-order chi connectivity index (χ0) is 13.3. The van der Waals surface area contributed by atoms with Crippen LogP contribution in [0.3, 0.4) is 0 Å². The Labute approximate surface area is 107 Å². The summed E-state index contributed by atoms with van der Waals surface area (Å²) in [6.45, 7) is 7.47. The summed E-state index contributed by atoms with van der Waals surface area (Å²) in [7, 11) is 0. The summed E-state index contributed by atoms with van der Waals surface area (Å²) < 4.78 is 17.0. The fraction of sp³-hybridized carbons (Fsp3) is 0.833. The Balaban J connectivity index is 2.09. The van der Waals surface area contributed by atoms with Gasteiger partial charge in [0.05, 0.1) is 12.6 Å². The first kappa shape index (κ1) is 13.9. The molecule has 3 N–H and O–H groups in total. The number of aliphatic hydroxyl groups is 2. The lowest BCUT2D eigenvalue weighted by molar-refractivity contribution is -0.218. The molecule has 0 aliphatic carbocycles. The molecule has 0 bridgehead atoms. The first-order chi connectivity index (χ1) is 8.48. The number of rotatable bonds is 5. The first-order valence-corrected chi connectivity index (χ1v) is 6.13. The second kappa shape index (κ2) is 5.24. The summed E-state index contributed by atoms with van der Waals surface area (Å²) in [6.07, 6.45) is -0.620. The van der Waals surface area contributed by atoms with Crippen molar-refractivity contribution in [2.24, 2.45) is 0 Å². The molecule has 0 spiro atoms. The largest absolute Gasteiger partial charge is 0.394 e. The molecule has 2 aliphatic rings. The monoisotopic (exact) mass is 259 g/mol. The minimum atomic E-state index is -0.965. The fourth-order valence-corrected chi connectivity index (χ4v) is 2.42. The van der Waals surface area contributed by atoms with Crippen LogP contribution >= 0.6 is 0 Å². The highest BCUT2D eigenvalue weighted by atomic mass is 16.8. The van der Waals surface area contributed by atoms with Crippen molar-refractivity contribution in [2.75, 3.05) is 13.2 Å². The maximum absolute atomic E-state index is 9.76. The molecule has 6 nitrogen and oxygen atoms in total. The first-order valence-electron chi connectivity index (χ1n) is 6.13. The Morgan fingerprint density at radius 2 is 2.17 bits per heavy atom. The van der Waals surface area contributed by atoms with Crippen molar-refractivity contribution < 1.29 is 24.4 Å². The van der Waals surface area contributed by atoms with Crippen LogP contribution in [-0.2, 0) is 14.2 Å². The summed E-state index contributed by atoms with van der Waals surface area (Å²) in [5.41, 5.74) is 0. The van der Waals surface area contributed by atoms with E-state index >= 15 is 0 Å². The number of ether oxygens (including phenoxy) is 3. The van der Waals surface area contributed by atoms with Crippen LogP contribution in [0.1, 0.15) is 13.8 Å². The zero-order valence-corrected chi connectivity index (χ0v) is 10.7. The van der Waals surface area contributed by atoms with E-state index in [0.29, 0.717) is 6.54 Å². The Kier molecular flexibility index (Phi) is 4.05. The molecule has 2 aliphatic heterocycles. The van der Waals surface area contributed by atoms with Gasteiger partial charge in [-0.15, -0.1) is 6.58 Å². The molecule has 6 heteroatoms. The quantitative estimate of drug-likeness (QED) is 0.570. The molecule has 0 aromatic rings. The lowest BCUT2D eigenvalue weighted by atomic mass is 10.0. The molecule has 2 rings (SSSR count). The van der Waals surface area contributed by atoms with Crippen LogP contribution in [0.25, 0.3) is 0 Å². The van der Waals surface area contributed by atoms with Gasteiger partial charge in [0.25, 0.3) is 0 Å². The lowest BCUT2D eigenvalue weighted by Gasteiger charge is -2.28. The van der Waals surface area contributed by atoms with E-state index in [1.54, 1.807) is 6.08 Å². The molecule has 0 unspecified atom stereocenters. The van der Waals surface area contributed by atoms with E-state index in [1.807, 2.05) is 13.8 Å². The summed E-state index contributed by atoms with van der Waals surface area (Å²) in [5, 5.41) is 22.0. The number of hydrogen-bond acceptors (Lipinski definition) is 6. The van der Waals surface area contributed by atoms with E-state index in [-0.39, 0.29) is 18.8 Å². The Bertz CT molecular complexity index is 309. The van der Waals surface area contributed by atoms with Crippen molar-refractivity contribution in [3.63, 3.8) is 0 Å².